The van der Waals surface area contributed by atoms with Crippen molar-refractivity contribution in [3.8, 4) is 0 Å². The molecule has 1 fully saturated rings. The third kappa shape index (κ3) is 2.53. The van der Waals surface area contributed by atoms with Crippen molar-refractivity contribution in [2.24, 2.45) is 0 Å². The van der Waals surface area contributed by atoms with Crippen LogP contribution in [-0.2, 0) is 6.54 Å². The fourth-order valence-corrected chi connectivity index (χ4v) is 2.78. The molecule has 6 heteroatoms. The average molecular weight is 249 g/mol. The third-order valence-electron chi connectivity index (χ3n) is 3.01. The van der Waals surface area contributed by atoms with Crippen LogP contribution in [0.3, 0.4) is 0 Å². The van der Waals surface area contributed by atoms with Gasteiger partial charge in [0.15, 0.2) is 5.82 Å². The molecule has 3 heterocycles. The molecule has 5 nitrogen and oxygen atoms in total. The van der Waals surface area contributed by atoms with E-state index in [1.807, 2.05) is 6.07 Å². The highest BCUT2D eigenvalue weighted by Crippen LogP contribution is 2.19. The van der Waals surface area contributed by atoms with Gasteiger partial charge in [-0.3, -0.25) is 0 Å². The Labute approximate surface area is 104 Å². The van der Waals surface area contributed by atoms with Gasteiger partial charge < -0.3 is 5.32 Å². The van der Waals surface area contributed by atoms with Crippen molar-refractivity contribution in [3.05, 3.63) is 28.2 Å². The first kappa shape index (κ1) is 10.9. The fourth-order valence-electron chi connectivity index (χ4n) is 2.10. The highest BCUT2D eigenvalue weighted by Gasteiger charge is 2.19. The topological polar surface area (TPSA) is 55.6 Å². The van der Waals surface area contributed by atoms with Gasteiger partial charge in [-0.1, -0.05) is 6.07 Å². The maximum Gasteiger partial charge on any atom is 0.179 e. The molecule has 1 saturated heterocycles. The number of rotatable bonds is 3. The van der Waals surface area contributed by atoms with Crippen LogP contribution >= 0.6 is 11.3 Å². The number of aromatic nitrogens is 4. The molecule has 1 atom stereocenters. The molecule has 1 aliphatic heterocycles. The van der Waals surface area contributed by atoms with E-state index in [9.17, 15) is 0 Å². The van der Waals surface area contributed by atoms with Crippen LogP contribution in [0.2, 0.25) is 0 Å². The summed E-state index contributed by atoms with van der Waals surface area (Å²) in [6, 6.07) is 4.14. The minimum Gasteiger partial charge on any atom is -0.316 e. The van der Waals surface area contributed by atoms with E-state index >= 15 is 0 Å². The van der Waals surface area contributed by atoms with E-state index in [0.29, 0.717) is 5.92 Å². The van der Waals surface area contributed by atoms with Gasteiger partial charge >= 0.3 is 0 Å². The number of hydrogen-bond acceptors (Lipinski definition) is 5. The van der Waals surface area contributed by atoms with Gasteiger partial charge in [-0.15, -0.1) is 21.5 Å². The summed E-state index contributed by atoms with van der Waals surface area (Å²) >= 11 is 1.72. The molecule has 2 aromatic rings. The van der Waals surface area contributed by atoms with Crippen LogP contribution in [0, 0.1) is 0 Å². The predicted molar refractivity (Wildman–Crippen MR) is 66.1 cm³/mol. The van der Waals surface area contributed by atoms with E-state index in [1.165, 1.54) is 11.3 Å². The SMILES string of the molecule is c1csc(Cn2nnc(C3CCCNC3)n2)c1. The quantitative estimate of drug-likeness (QED) is 0.889. The minimum absolute atomic E-state index is 0.431. The minimum atomic E-state index is 0.431. The number of tetrazole rings is 1. The van der Waals surface area contributed by atoms with E-state index in [0.717, 1.165) is 31.9 Å². The Balaban J connectivity index is 1.69. The van der Waals surface area contributed by atoms with Gasteiger partial charge in [0.2, 0.25) is 0 Å². The van der Waals surface area contributed by atoms with Gasteiger partial charge in [-0.25, -0.2) is 0 Å². The number of nitrogens with zero attached hydrogens (tertiary/aromatic N) is 4. The van der Waals surface area contributed by atoms with Crippen molar-refractivity contribution in [1.82, 2.24) is 25.5 Å². The second kappa shape index (κ2) is 4.93. The molecule has 90 valence electrons. The molecular formula is C11H15N5S. The number of thiophene rings is 1. The Bertz CT molecular complexity index is 458. The van der Waals surface area contributed by atoms with Gasteiger partial charge in [0, 0.05) is 17.3 Å². The Morgan fingerprint density at radius 3 is 3.29 bits per heavy atom. The molecular weight excluding hydrogens is 234 g/mol. The number of hydrogen-bond donors (Lipinski definition) is 1. The molecule has 0 radical (unpaired) electrons. The van der Waals surface area contributed by atoms with Crippen LogP contribution in [0.5, 0.6) is 0 Å². The van der Waals surface area contributed by atoms with E-state index in [2.05, 4.69) is 32.2 Å². The molecule has 0 spiro atoms. The summed E-state index contributed by atoms with van der Waals surface area (Å²) in [6.07, 6.45) is 2.36. The Hall–Kier alpha value is -1.27. The zero-order valence-electron chi connectivity index (χ0n) is 9.54. The maximum atomic E-state index is 4.47. The molecule has 1 unspecified atom stereocenters. The van der Waals surface area contributed by atoms with Crippen LogP contribution in [0.1, 0.15) is 29.5 Å². The molecule has 1 aliphatic rings. The fraction of sp³-hybridized carbons (Fsp3) is 0.545. The highest BCUT2D eigenvalue weighted by atomic mass is 32.1. The molecule has 0 aromatic carbocycles. The van der Waals surface area contributed by atoms with Crippen molar-refractivity contribution in [3.63, 3.8) is 0 Å². The summed E-state index contributed by atoms with van der Waals surface area (Å²) in [5.41, 5.74) is 0. The second-order valence-corrected chi connectivity index (χ2v) is 5.33. The zero-order chi connectivity index (χ0) is 11.5. The third-order valence-corrected chi connectivity index (χ3v) is 3.87. The summed E-state index contributed by atoms with van der Waals surface area (Å²) in [6.45, 7) is 2.81. The molecule has 0 bridgehead atoms. The molecule has 0 saturated carbocycles. The lowest BCUT2D eigenvalue weighted by Gasteiger charge is -2.19. The lowest BCUT2D eigenvalue weighted by atomic mass is 9.99. The normalized spacial score (nSPS) is 20.6. The molecule has 17 heavy (non-hydrogen) atoms. The number of nitrogens with one attached hydrogen (secondary N) is 1. The molecule has 2 aromatic heterocycles. The van der Waals surface area contributed by atoms with Crippen LogP contribution in [-0.4, -0.2) is 33.3 Å². The van der Waals surface area contributed by atoms with Crippen LogP contribution < -0.4 is 5.32 Å². The Morgan fingerprint density at radius 2 is 2.53 bits per heavy atom. The van der Waals surface area contributed by atoms with Crippen LogP contribution in [0.15, 0.2) is 17.5 Å². The summed E-state index contributed by atoms with van der Waals surface area (Å²) in [5.74, 6) is 1.31. The van der Waals surface area contributed by atoms with Crippen molar-refractivity contribution in [2.45, 2.75) is 25.3 Å². The predicted octanol–water partition coefficient (Wildman–Crippen LogP) is 1.25. The summed E-state index contributed by atoms with van der Waals surface area (Å²) < 4.78 is 0. The van der Waals surface area contributed by atoms with E-state index in [-0.39, 0.29) is 0 Å². The molecule has 3 rings (SSSR count). The smallest absolute Gasteiger partial charge is 0.179 e. The standard InChI is InChI=1S/C11H15N5S/c1-3-9(7-12-5-1)11-13-15-16(14-11)8-10-4-2-6-17-10/h2,4,6,9,12H,1,3,5,7-8H2. The monoisotopic (exact) mass is 249 g/mol. The van der Waals surface area contributed by atoms with Crippen molar-refractivity contribution in [1.29, 1.82) is 0 Å². The largest absolute Gasteiger partial charge is 0.316 e. The van der Waals surface area contributed by atoms with E-state index < -0.39 is 0 Å². The van der Waals surface area contributed by atoms with Gasteiger partial charge in [0.05, 0.1) is 6.54 Å². The zero-order valence-corrected chi connectivity index (χ0v) is 10.4. The number of piperidine rings is 1. The first-order chi connectivity index (χ1) is 8.42. The van der Waals surface area contributed by atoms with E-state index in [4.69, 9.17) is 0 Å². The maximum absolute atomic E-state index is 4.47. The van der Waals surface area contributed by atoms with E-state index in [1.54, 1.807) is 16.1 Å². The van der Waals surface area contributed by atoms with Gasteiger partial charge in [-0.05, 0) is 36.0 Å². The van der Waals surface area contributed by atoms with Crippen molar-refractivity contribution in [2.75, 3.05) is 13.1 Å². The first-order valence-corrected chi connectivity index (χ1v) is 6.80. The van der Waals surface area contributed by atoms with Crippen molar-refractivity contribution < 1.29 is 0 Å². The highest BCUT2D eigenvalue weighted by molar-refractivity contribution is 7.09. The van der Waals surface area contributed by atoms with Gasteiger partial charge in [-0.2, -0.15) is 4.80 Å². The lowest BCUT2D eigenvalue weighted by molar-refractivity contribution is 0.444. The second-order valence-electron chi connectivity index (χ2n) is 4.30. The first-order valence-electron chi connectivity index (χ1n) is 5.92. The molecule has 0 amide bonds. The molecule has 0 aliphatic carbocycles. The molecule has 1 N–H and O–H groups in total. The summed E-state index contributed by atoms with van der Waals surface area (Å²) in [5, 5.41) is 18.2. The Morgan fingerprint density at radius 1 is 1.53 bits per heavy atom. The summed E-state index contributed by atoms with van der Waals surface area (Å²) in [4.78, 5) is 2.95. The Kier molecular flexibility index (Phi) is 3.15. The van der Waals surface area contributed by atoms with Gasteiger partial charge in [0.25, 0.3) is 0 Å². The lowest BCUT2D eigenvalue weighted by Crippen LogP contribution is -2.29. The van der Waals surface area contributed by atoms with Crippen molar-refractivity contribution >= 4 is 11.3 Å². The van der Waals surface area contributed by atoms with Crippen LogP contribution in [0.25, 0.3) is 0 Å². The van der Waals surface area contributed by atoms with Crippen LogP contribution in [0.4, 0.5) is 0 Å². The average Bonchev–Trinajstić information content (AvgIpc) is 3.02. The summed E-state index contributed by atoms with van der Waals surface area (Å²) in [7, 11) is 0. The van der Waals surface area contributed by atoms with Gasteiger partial charge in [0.1, 0.15) is 0 Å².